The number of thioether (sulfide) groups is 1. The van der Waals surface area contributed by atoms with Crippen LogP contribution >= 0.6 is 23.1 Å². The summed E-state index contributed by atoms with van der Waals surface area (Å²) in [4.78, 5) is 22.0. The molecule has 0 saturated carbocycles. The van der Waals surface area contributed by atoms with Gasteiger partial charge in [0.1, 0.15) is 4.83 Å². The van der Waals surface area contributed by atoms with Crippen LogP contribution in [-0.4, -0.2) is 19.7 Å². The lowest BCUT2D eigenvalue weighted by Crippen LogP contribution is -2.19. The van der Waals surface area contributed by atoms with E-state index in [1.807, 2.05) is 26.2 Å². The molecule has 0 aliphatic heterocycles. The Morgan fingerprint density at radius 2 is 2.09 bits per heavy atom. The van der Waals surface area contributed by atoms with Gasteiger partial charge in [0.25, 0.3) is 5.56 Å². The first kappa shape index (κ1) is 15.2. The molecular weight excluding hydrogens is 320 g/mol. The van der Waals surface area contributed by atoms with E-state index in [4.69, 9.17) is 4.52 Å². The highest BCUT2D eigenvalue weighted by Crippen LogP contribution is 2.33. The van der Waals surface area contributed by atoms with Crippen molar-refractivity contribution in [1.29, 1.82) is 0 Å². The molecule has 22 heavy (non-hydrogen) atoms. The van der Waals surface area contributed by atoms with Crippen LogP contribution < -0.4 is 5.56 Å². The molecule has 116 valence electrons. The van der Waals surface area contributed by atoms with Crippen LogP contribution in [0.4, 0.5) is 0 Å². The first-order valence-electron chi connectivity index (χ1n) is 6.91. The van der Waals surface area contributed by atoms with Gasteiger partial charge in [-0.3, -0.25) is 9.36 Å². The molecule has 0 aliphatic carbocycles. The van der Waals surface area contributed by atoms with E-state index in [-0.39, 0.29) is 16.7 Å². The zero-order valence-corrected chi connectivity index (χ0v) is 14.4. The van der Waals surface area contributed by atoms with Crippen LogP contribution in [0.1, 0.15) is 43.7 Å². The largest absolute Gasteiger partial charge is 0.338 e. The third kappa shape index (κ3) is 2.68. The first-order chi connectivity index (χ1) is 10.5. The summed E-state index contributed by atoms with van der Waals surface area (Å²) >= 11 is 2.91. The van der Waals surface area contributed by atoms with Gasteiger partial charge >= 0.3 is 0 Å². The minimum Gasteiger partial charge on any atom is -0.338 e. The molecule has 0 amide bonds. The topological polar surface area (TPSA) is 73.8 Å². The van der Waals surface area contributed by atoms with Gasteiger partial charge in [-0.1, -0.05) is 30.8 Å². The van der Waals surface area contributed by atoms with Crippen LogP contribution in [0.25, 0.3) is 10.2 Å². The quantitative estimate of drug-likeness (QED) is 0.537. The average molecular weight is 336 g/mol. The number of hydrogen-bond donors (Lipinski definition) is 0. The molecule has 0 fully saturated rings. The van der Waals surface area contributed by atoms with Crippen LogP contribution in [0, 0.1) is 0 Å². The highest BCUT2D eigenvalue weighted by molar-refractivity contribution is 7.99. The second-order valence-electron chi connectivity index (χ2n) is 5.30. The molecule has 1 atom stereocenters. The highest BCUT2D eigenvalue weighted by Gasteiger charge is 2.20. The number of thiophene rings is 1. The Bertz CT molecular complexity index is 865. The number of fused-ring (bicyclic) bond motifs is 1. The Morgan fingerprint density at radius 1 is 1.32 bits per heavy atom. The minimum absolute atomic E-state index is 0.0330. The Morgan fingerprint density at radius 3 is 2.77 bits per heavy atom. The fourth-order valence-electron chi connectivity index (χ4n) is 1.94. The predicted octanol–water partition coefficient (Wildman–Crippen LogP) is 3.35. The summed E-state index contributed by atoms with van der Waals surface area (Å²) in [5, 5.41) is 7.09. The van der Waals surface area contributed by atoms with Crippen LogP contribution in [0.15, 0.2) is 25.9 Å². The van der Waals surface area contributed by atoms with Crippen molar-refractivity contribution in [3.05, 3.63) is 33.5 Å². The molecule has 0 spiro atoms. The number of rotatable bonds is 4. The maximum atomic E-state index is 12.3. The Kier molecular flexibility index (Phi) is 4.05. The van der Waals surface area contributed by atoms with E-state index >= 15 is 0 Å². The van der Waals surface area contributed by atoms with Crippen LogP contribution in [0.2, 0.25) is 0 Å². The molecule has 3 aromatic rings. The van der Waals surface area contributed by atoms with Crippen molar-refractivity contribution in [3.63, 3.8) is 0 Å². The van der Waals surface area contributed by atoms with Crippen molar-refractivity contribution < 1.29 is 4.52 Å². The SMILES string of the molecule is CC(C)c1noc(C(C)Sc2nc3sccc3c(=O)n2C)n1. The first-order valence-corrected chi connectivity index (χ1v) is 8.67. The van der Waals surface area contributed by atoms with Gasteiger partial charge in [0.05, 0.1) is 10.6 Å². The molecule has 3 rings (SSSR count). The summed E-state index contributed by atoms with van der Waals surface area (Å²) in [7, 11) is 1.73. The van der Waals surface area contributed by atoms with Crippen molar-refractivity contribution in [3.8, 4) is 0 Å². The standard InChI is InChI=1S/C14H16N4O2S2/c1-7(2)10-15-11(20-17-10)8(3)22-14-16-12-9(5-6-21-12)13(19)18(14)4/h5-8H,1-4H3. The molecule has 0 aromatic carbocycles. The third-order valence-electron chi connectivity index (χ3n) is 3.27. The summed E-state index contributed by atoms with van der Waals surface area (Å²) in [6, 6.07) is 1.81. The van der Waals surface area contributed by atoms with Crippen molar-refractivity contribution in [2.24, 2.45) is 7.05 Å². The van der Waals surface area contributed by atoms with Gasteiger partial charge in [0, 0.05) is 13.0 Å². The lowest BCUT2D eigenvalue weighted by Gasteiger charge is -2.09. The van der Waals surface area contributed by atoms with Crippen molar-refractivity contribution in [2.75, 3.05) is 0 Å². The summed E-state index contributed by atoms with van der Waals surface area (Å²) in [5.74, 6) is 1.46. The maximum Gasteiger partial charge on any atom is 0.262 e. The van der Waals surface area contributed by atoms with Crippen LogP contribution in [0.5, 0.6) is 0 Å². The third-order valence-corrected chi connectivity index (χ3v) is 5.21. The Labute approximate surface area is 135 Å². The summed E-state index contributed by atoms with van der Waals surface area (Å²) in [6.07, 6.45) is 0. The van der Waals surface area contributed by atoms with Crippen molar-refractivity contribution in [2.45, 2.75) is 37.1 Å². The fraction of sp³-hybridized carbons (Fsp3) is 0.429. The molecule has 8 heteroatoms. The second kappa shape index (κ2) is 5.85. The molecule has 0 bridgehead atoms. The van der Waals surface area contributed by atoms with E-state index in [1.165, 1.54) is 23.1 Å². The van der Waals surface area contributed by atoms with Gasteiger partial charge in [-0.2, -0.15) is 4.98 Å². The average Bonchev–Trinajstić information content (AvgIpc) is 3.13. The lowest BCUT2D eigenvalue weighted by molar-refractivity contribution is 0.373. The monoisotopic (exact) mass is 336 g/mol. The minimum atomic E-state index is -0.0736. The summed E-state index contributed by atoms with van der Waals surface area (Å²) < 4.78 is 6.87. The number of aromatic nitrogens is 4. The van der Waals surface area contributed by atoms with E-state index < -0.39 is 0 Å². The van der Waals surface area contributed by atoms with E-state index in [1.54, 1.807) is 17.7 Å². The second-order valence-corrected chi connectivity index (χ2v) is 7.51. The van der Waals surface area contributed by atoms with Crippen LogP contribution in [0.3, 0.4) is 0 Å². The summed E-state index contributed by atoms with van der Waals surface area (Å²) in [6.45, 7) is 6.00. The fourth-order valence-corrected chi connectivity index (χ4v) is 3.65. The van der Waals surface area contributed by atoms with E-state index in [0.717, 1.165) is 4.83 Å². The zero-order valence-electron chi connectivity index (χ0n) is 12.7. The van der Waals surface area contributed by atoms with Crippen LogP contribution in [-0.2, 0) is 7.05 Å². The van der Waals surface area contributed by atoms with Gasteiger partial charge in [0.2, 0.25) is 5.89 Å². The molecule has 1 unspecified atom stereocenters. The predicted molar refractivity (Wildman–Crippen MR) is 87.5 cm³/mol. The molecule has 3 aromatic heterocycles. The molecule has 0 aliphatic rings. The summed E-state index contributed by atoms with van der Waals surface area (Å²) in [5.41, 5.74) is -0.0330. The molecule has 0 N–H and O–H groups in total. The van der Waals surface area contributed by atoms with E-state index in [2.05, 4.69) is 15.1 Å². The van der Waals surface area contributed by atoms with Crippen molar-refractivity contribution in [1.82, 2.24) is 19.7 Å². The van der Waals surface area contributed by atoms with Crippen molar-refractivity contribution >= 4 is 33.3 Å². The Hall–Kier alpha value is -1.67. The zero-order chi connectivity index (χ0) is 15.9. The smallest absolute Gasteiger partial charge is 0.262 e. The molecule has 0 radical (unpaired) electrons. The van der Waals surface area contributed by atoms with E-state index in [0.29, 0.717) is 22.3 Å². The van der Waals surface area contributed by atoms with Gasteiger partial charge in [-0.05, 0) is 18.4 Å². The molecular formula is C14H16N4O2S2. The van der Waals surface area contributed by atoms with Gasteiger partial charge < -0.3 is 4.52 Å². The van der Waals surface area contributed by atoms with Gasteiger partial charge in [0.15, 0.2) is 11.0 Å². The molecule has 6 nitrogen and oxygen atoms in total. The Balaban J connectivity index is 1.91. The van der Waals surface area contributed by atoms with Gasteiger partial charge in [-0.25, -0.2) is 4.98 Å². The molecule has 3 heterocycles. The van der Waals surface area contributed by atoms with E-state index in [9.17, 15) is 4.79 Å². The normalized spacial score (nSPS) is 13.1. The molecule has 0 saturated heterocycles. The highest BCUT2D eigenvalue weighted by atomic mass is 32.2. The number of hydrogen-bond acceptors (Lipinski definition) is 7. The maximum absolute atomic E-state index is 12.3. The lowest BCUT2D eigenvalue weighted by atomic mass is 10.2. The number of nitrogens with zero attached hydrogens (tertiary/aromatic N) is 4. The van der Waals surface area contributed by atoms with Gasteiger partial charge in [-0.15, -0.1) is 11.3 Å².